The number of carbonyl (C=O) groups is 6. The number of nitrogens with zero attached hydrogens (tertiary/aromatic N) is 2. The van der Waals surface area contributed by atoms with Crippen molar-refractivity contribution in [3.8, 4) is 28.4 Å². The zero-order chi connectivity index (χ0) is 44.6. The number of imide groups is 2. The summed E-state index contributed by atoms with van der Waals surface area (Å²) >= 11 is 0. The van der Waals surface area contributed by atoms with E-state index in [2.05, 4.69) is 20.9 Å². The molecule has 5 aromatic rings. The Labute approximate surface area is 354 Å². The van der Waals surface area contributed by atoms with Crippen LogP contribution in [0.1, 0.15) is 87.4 Å². The van der Waals surface area contributed by atoms with Gasteiger partial charge in [-0.3, -0.25) is 43.8 Å². The van der Waals surface area contributed by atoms with Crippen molar-refractivity contribution in [3.05, 3.63) is 110 Å². The first-order valence-electron chi connectivity index (χ1n) is 20.0. The maximum atomic E-state index is 14.1. The van der Waals surface area contributed by atoms with Gasteiger partial charge in [0.05, 0.1) is 27.6 Å². The van der Waals surface area contributed by atoms with E-state index >= 15 is 0 Å². The third-order valence-electron chi connectivity index (χ3n) is 10.8. The molecule has 2 aliphatic heterocycles. The number of rotatable bonds is 14. The third-order valence-corrected chi connectivity index (χ3v) is 10.8. The van der Waals surface area contributed by atoms with Crippen LogP contribution in [0.15, 0.2) is 65.6 Å². The predicted octanol–water partition coefficient (Wildman–Crippen LogP) is 4.42. The lowest BCUT2D eigenvalue weighted by Crippen LogP contribution is -2.54. The molecule has 0 spiro atoms. The van der Waals surface area contributed by atoms with Gasteiger partial charge in [-0.25, -0.2) is 4.39 Å². The van der Waals surface area contributed by atoms with Gasteiger partial charge in [0.2, 0.25) is 11.8 Å². The number of benzene rings is 3. The lowest BCUT2D eigenvalue weighted by atomic mass is 9.93. The highest BCUT2D eigenvalue weighted by Crippen LogP contribution is 2.41. The normalized spacial score (nSPS) is 15.1. The number of aromatic nitrogens is 2. The van der Waals surface area contributed by atoms with E-state index in [1.807, 2.05) is 0 Å². The second-order valence-electron chi connectivity index (χ2n) is 15.9. The SMILES string of the molecule is Cc1cc(F)cc(C)c1Oc1ccc(C(C)(C)O)cc1-c1cn(C)c(=O)c2cc(C(=O)NCCCCNC(=O)COc3cccc4c3C(=O)N(C3CCC(=O)NC3=O)C4=O)[nH]c12. The number of aromatic amines is 1. The Morgan fingerprint density at radius 1 is 0.903 bits per heavy atom. The average molecular weight is 849 g/mol. The number of nitrogens with one attached hydrogen (secondary N) is 4. The van der Waals surface area contributed by atoms with Gasteiger partial charge in [-0.15, -0.1) is 0 Å². The molecule has 3 aromatic carbocycles. The Morgan fingerprint density at radius 2 is 1.61 bits per heavy atom. The second kappa shape index (κ2) is 17.1. The van der Waals surface area contributed by atoms with E-state index in [0.717, 1.165) is 4.90 Å². The molecule has 17 heteroatoms. The third kappa shape index (κ3) is 8.56. The minimum absolute atomic E-state index is 0.00187. The number of carbonyl (C=O) groups excluding carboxylic acids is 6. The molecule has 7 rings (SSSR count). The van der Waals surface area contributed by atoms with Gasteiger partial charge < -0.3 is 34.8 Å². The van der Waals surface area contributed by atoms with Gasteiger partial charge in [-0.2, -0.15) is 0 Å². The number of ether oxygens (including phenoxy) is 2. The molecule has 2 aromatic heterocycles. The van der Waals surface area contributed by atoms with E-state index in [-0.39, 0.29) is 59.4 Å². The van der Waals surface area contributed by atoms with Crippen LogP contribution >= 0.6 is 0 Å². The zero-order valence-electron chi connectivity index (χ0n) is 34.7. The van der Waals surface area contributed by atoms with Crippen LogP contribution in [-0.2, 0) is 27.0 Å². The number of pyridine rings is 1. The van der Waals surface area contributed by atoms with E-state index in [1.54, 1.807) is 59.1 Å². The van der Waals surface area contributed by atoms with E-state index in [0.29, 0.717) is 57.7 Å². The van der Waals surface area contributed by atoms with Crippen molar-refractivity contribution in [1.29, 1.82) is 0 Å². The molecular weight excluding hydrogens is 804 g/mol. The topological polar surface area (TPSA) is 218 Å². The Bertz CT molecular complexity index is 2730. The molecule has 2 aliphatic rings. The van der Waals surface area contributed by atoms with Gasteiger partial charge in [0, 0.05) is 43.9 Å². The Hall–Kier alpha value is -7.14. The summed E-state index contributed by atoms with van der Waals surface area (Å²) in [6.07, 6.45) is 2.56. The Balaban J connectivity index is 0.967. The maximum absolute atomic E-state index is 14.1. The van der Waals surface area contributed by atoms with Gasteiger partial charge in [-0.05, 0) is 106 Å². The van der Waals surface area contributed by atoms with Crippen molar-refractivity contribution in [2.45, 2.75) is 65.0 Å². The number of hydrogen-bond acceptors (Lipinski definition) is 10. The van der Waals surface area contributed by atoms with Crippen LogP contribution in [0.2, 0.25) is 0 Å². The lowest BCUT2D eigenvalue weighted by molar-refractivity contribution is -0.136. The molecule has 0 bridgehead atoms. The smallest absolute Gasteiger partial charge is 0.267 e. The van der Waals surface area contributed by atoms with Crippen molar-refractivity contribution >= 4 is 46.3 Å². The van der Waals surface area contributed by atoms with E-state index in [1.165, 1.54) is 41.0 Å². The minimum atomic E-state index is -1.23. The largest absolute Gasteiger partial charge is 0.483 e. The molecule has 0 saturated carbocycles. The van der Waals surface area contributed by atoms with E-state index in [9.17, 15) is 43.1 Å². The standard InChI is InChI=1S/C45H45FN6O10/c1-23-17-26(46)18-24(2)39(23)62-33-13-11-25(45(3,4)60)19-28(33)30-21-51(5)42(57)29-20-31(49-38(29)30)40(55)48-16-7-6-15-47-36(54)22-61-34-10-8-9-27-37(34)44(59)52(43(27)58)32-12-14-35(53)50-41(32)56/h8-11,13,17-21,32,49,60H,6-7,12,14-16,22H2,1-5H3,(H,47,54)(H,48,55)(H,50,53,56). The molecule has 6 amide bonds. The predicted molar refractivity (Wildman–Crippen MR) is 223 cm³/mol. The summed E-state index contributed by atoms with van der Waals surface area (Å²) in [7, 11) is 1.59. The molecule has 0 radical (unpaired) electrons. The quantitative estimate of drug-likeness (QED) is 0.0783. The monoisotopic (exact) mass is 848 g/mol. The number of hydrogen-bond donors (Lipinski definition) is 5. The number of aryl methyl sites for hydroxylation is 3. The number of H-pyrrole nitrogens is 1. The first kappa shape index (κ1) is 43.0. The first-order valence-corrected chi connectivity index (χ1v) is 20.0. The van der Waals surface area contributed by atoms with Crippen LogP contribution in [0.4, 0.5) is 4.39 Å². The Morgan fingerprint density at radius 3 is 2.31 bits per heavy atom. The number of unbranched alkanes of at least 4 members (excludes halogenated alkanes) is 1. The van der Waals surface area contributed by atoms with Crippen LogP contribution in [0.5, 0.6) is 17.2 Å². The fourth-order valence-electron chi connectivity index (χ4n) is 7.62. The van der Waals surface area contributed by atoms with Crippen molar-refractivity contribution in [1.82, 2.24) is 30.4 Å². The molecule has 0 aliphatic carbocycles. The molecule has 5 N–H and O–H groups in total. The van der Waals surface area contributed by atoms with Gasteiger partial charge >= 0.3 is 0 Å². The summed E-state index contributed by atoms with van der Waals surface area (Å²) in [6, 6.07) is 12.6. The van der Waals surface area contributed by atoms with Gasteiger partial charge in [0.15, 0.2) is 6.61 Å². The van der Waals surface area contributed by atoms with E-state index < -0.39 is 59.5 Å². The zero-order valence-corrected chi connectivity index (χ0v) is 34.7. The molecule has 16 nitrogen and oxygen atoms in total. The minimum Gasteiger partial charge on any atom is -0.483 e. The summed E-state index contributed by atoms with van der Waals surface area (Å²) in [4.78, 5) is 93.7. The highest BCUT2D eigenvalue weighted by atomic mass is 19.1. The molecule has 1 unspecified atom stereocenters. The van der Waals surface area contributed by atoms with Crippen LogP contribution in [0.3, 0.4) is 0 Å². The van der Waals surface area contributed by atoms with Gasteiger partial charge in [0.1, 0.15) is 34.8 Å². The Kier molecular flexibility index (Phi) is 11.8. The number of piperidine rings is 1. The van der Waals surface area contributed by atoms with Crippen LogP contribution in [-0.4, -0.2) is 80.7 Å². The number of halogens is 1. The van der Waals surface area contributed by atoms with Gasteiger partial charge in [-0.1, -0.05) is 12.1 Å². The van der Waals surface area contributed by atoms with Crippen molar-refractivity contribution < 1.29 is 47.7 Å². The summed E-state index contributed by atoms with van der Waals surface area (Å²) in [6.45, 7) is 6.77. The highest BCUT2D eigenvalue weighted by molar-refractivity contribution is 6.24. The summed E-state index contributed by atoms with van der Waals surface area (Å²) in [5.41, 5.74) is 1.64. The van der Waals surface area contributed by atoms with Crippen LogP contribution < -0.4 is 31.0 Å². The first-order chi connectivity index (χ1) is 29.4. The maximum Gasteiger partial charge on any atom is 0.267 e. The number of amides is 6. The highest BCUT2D eigenvalue weighted by Gasteiger charge is 2.46. The summed E-state index contributed by atoms with van der Waals surface area (Å²) < 4.78 is 27.6. The molecule has 62 heavy (non-hydrogen) atoms. The van der Waals surface area contributed by atoms with Crippen LogP contribution in [0, 0.1) is 19.7 Å². The fourth-order valence-corrected chi connectivity index (χ4v) is 7.62. The molecule has 1 fully saturated rings. The van der Waals surface area contributed by atoms with Crippen molar-refractivity contribution in [2.75, 3.05) is 19.7 Å². The van der Waals surface area contributed by atoms with Crippen molar-refractivity contribution in [3.63, 3.8) is 0 Å². The second-order valence-corrected chi connectivity index (χ2v) is 15.9. The van der Waals surface area contributed by atoms with E-state index in [4.69, 9.17) is 9.47 Å². The number of aliphatic hydroxyl groups is 1. The number of fused-ring (bicyclic) bond motifs is 2. The summed E-state index contributed by atoms with van der Waals surface area (Å²) in [5, 5.41) is 18.9. The lowest BCUT2D eigenvalue weighted by Gasteiger charge is -2.27. The molecular formula is C45H45FN6O10. The fraction of sp³-hybridized carbons (Fsp3) is 0.311. The molecule has 4 heterocycles. The van der Waals surface area contributed by atoms with Gasteiger partial charge in [0.25, 0.3) is 29.2 Å². The average Bonchev–Trinajstić information content (AvgIpc) is 3.77. The van der Waals surface area contributed by atoms with Crippen LogP contribution in [0.25, 0.3) is 22.0 Å². The molecule has 1 saturated heterocycles. The van der Waals surface area contributed by atoms with Crippen molar-refractivity contribution in [2.24, 2.45) is 7.05 Å². The molecule has 1 atom stereocenters. The molecule has 322 valence electrons. The summed E-state index contributed by atoms with van der Waals surface area (Å²) in [5.74, 6) is -3.19.